The first-order valence-corrected chi connectivity index (χ1v) is 7.08. The molecule has 0 amide bonds. The van der Waals surface area contributed by atoms with Crippen molar-refractivity contribution in [2.45, 2.75) is 11.4 Å². The maximum atomic E-state index is 11.0. The lowest BCUT2D eigenvalue weighted by molar-refractivity contribution is -0.108. The molecule has 0 spiro atoms. The summed E-state index contributed by atoms with van der Waals surface area (Å²) in [6, 6.07) is 8.35. The molecule has 1 rings (SSSR count). The summed E-state index contributed by atoms with van der Waals surface area (Å²) in [5, 5.41) is 1.07. The number of carbonyl (C=O) groups is 1. The van der Waals surface area contributed by atoms with Crippen molar-refractivity contribution in [3.63, 3.8) is 0 Å². The Kier molecular flexibility index (Phi) is 5.84. The first kappa shape index (κ1) is 15.5. The second-order valence-electron chi connectivity index (χ2n) is 3.84. The van der Waals surface area contributed by atoms with E-state index in [1.54, 1.807) is 6.08 Å². The molecule has 2 unspecified atom stereocenters. The summed E-state index contributed by atoms with van der Waals surface area (Å²) in [7, 11) is -4.33. The van der Waals surface area contributed by atoms with Crippen LogP contribution in [0.3, 0.4) is 0 Å². The van der Waals surface area contributed by atoms with Crippen LogP contribution in [0.15, 0.2) is 36.4 Å². The van der Waals surface area contributed by atoms with Crippen LogP contribution in [0, 0.1) is 0 Å². The van der Waals surface area contributed by atoms with E-state index in [2.05, 4.69) is 5.32 Å². The summed E-state index contributed by atoms with van der Waals surface area (Å²) in [6.07, 6.45) is 3.70. The van der Waals surface area contributed by atoms with E-state index in [1.165, 1.54) is 6.08 Å². The number of nitrogens with one attached hydrogen (secondary N) is 1. The third kappa shape index (κ3) is 5.31. The number of aldehydes is 1. The number of rotatable bonds is 7. The van der Waals surface area contributed by atoms with Gasteiger partial charge in [0.1, 0.15) is 11.7 Å². The molecule has 0 saturated carbocycles. The van der Waals surface area contributed by atoms with Gasteiger partial charge in [-0.1, -0.05) is 42.5 Å². The standard InChI is InChI=1S/C12H16N2O4S/c13-8-12(19(16,17)18)14-11(9-15)7-6-10-4-2-1-3-5-10/h1-7,9,11-12,14H,8,13H2,(H,16,17,18)/b7-6+. The molecule has 0 aliphatic carbocycles. The Morgan fingerprint density at radius 3 is 2.42 bits per heavy atom. The Labute approximate surface area is 112 Å². The highest BCUT2D eigenvalue weighted by Crippen LogP contribution is 2.02. The second-order valence-corrected chi connectivity index (χ2v) is 5.44. The van der Waals surface area contributed by atoms with Crippen molar-refractivity contribution in [1.29, 1.82) is 0 Å². The molecule has 0 radical (unpaired) electrons. The minimum atomic E-state index is -4.33. The van der Waals surface area contributed by atoms with Gasteiger partial charge in [-0.3, -0.25) is 9.87 Å². The summed E-state index contributed by atoms with van der Waals surface area (Å²) >= 11 is 0. The molecular formula is C12H16N2O4S. The fourth-order valence-corrected chi connectivity index (χ4v) is 1.98. The highest BCUT2D eigenvalue weighted by Gasteiger charge is 2.23. The van der Waals surface area contributed by atoms with Gasteiger partial charge in [-0.15, -0.1) is 0 Å². The molecule has 0 heterocycles. The van der Waals surface area contributed by atoms with Gasteiger partial charge in [0, 0.05) is 6.54 Å². The number of nitrogens with two attached hydrogens (primary N) is 1. The molecule has 0 aliphatic rings. The van der Waals surface area contributed by atoms with Crippen LogP contribution < -0.4 is 11.1 Å². The predicted molar refractivity (Wildman–Crippen MR) is 72.9 cm³/mol. The van der Waals surface area contributed by atoms with E-state index in [0.717, 1.165) is 5.56 Å². The number of hydrogen-bond donors (Lipinski definition) is 3. The van der Waals surface area contributed by atoms with Crippen molar-refractivity contribution in [2.75, 3.05) is 6.54 Å². The molecule has 104 valence electrons. The largest absolute Gasteiger partial charge is 0.328 e. The molecule has 4 N–H and O–H groups in total. The average molecular weight is 284 g/mol. The van der Waals surface area contributed by atoms with E-state index >= 15 is 0 Å². The third-order valence-corrected chi connectivity index (χ3v) is 3.44. The van der Waals surface area contributed by atoms with Crippen LogP contribution in [-0.2, 0) is 14.9 Å². The maximum absolute atomic E-state index is 11.0. The van der Waals surface area contributed by atoms with E-state index in [4.69, 9.17) is 10.3 Å². The second kappa shape index (κ2) is 7.15. The molecule has 2 atom stereocenters. The van der Waals surface area contributed by atoms with Crippen LogP contribution in [0.25, 0.3) is 6.08 Å². The van der Waals surface area contributed by atoms with Crippen LogP contribution in [0.2, 0.25) is 0 Å². The van der Waals surface area contributed by atoms with E-state index in [0.29, 0.717) is 6.29 Å². The fraction of sp³-hybridized carbons (Fsp3) is 0.250. The first-order valence-electron chi connectivity index (χ1n) is 5.58. The minimum Gasteiger partial charge on any atom is -0.328 e. The van der Waals surface area contributed by atoms with Gasteiger partial charge in [-0.05, 0) is 5.56 Å². The maximum Gasteiger partial charge on any atom is 0.282 e. The van der Waals surface area contributed by atoms with Gasteiger partial charge in [0.25, 0.3) is 10.1 Å². The Morgan fingerprint density at radius 1 is 1.32 bits per heavy atom. The lowest BCUT2D eigenvalue weighted by Crippen LogP contribution is -2.47. The Hall–Kier alpha value is -1.54. The Bertz CT molecular complexity index is 528. The molecule has 0 aromatic heterocycles. The molecule has 19 heavy (non-hydrogen) atoms. The highest BCUT2D eigenvalue weighted by atomic mass is 32.2. The average Bonchev–Trinajstić information content (AvgIpc) is 2.39. The topological polar surface area (TPSA) is 109 Å². The molecular weight excluding hydrogens is 268 g/mol. The van der Waals surface area contributed by atoms with Crippen LogP contribution in [0.5, 0.6) is 0 Å². The summed E-state index contributed by atoms with van der Waals surface area (Å²) in [5.41, 5.74) is 6.10. The third-order valence-electron chi connectivity index (χ3n) is 2.39. The molecule has 6 nitrogen and oxygen atoms in total. The molecule has 0 bridgehead atoms. The van der Waals surface area contributed by atoms with Crippen LogP contribution in [-0.4, -0.2) is 37.2 Å². The molecule has 0 fully saturated rings. The molecule has 0 saturated heterocycles. The summed E-state index contributed by atoms with van der Waals surface area (Å²) in [4.78, 5) is 10.9. The highest BCUT2D eigenvalue weighted by molar-refractivity contribution is 7.86. The van der Waals surface area contributed by atoms with Gasteiger partial charge in [-0.2, -0.15) is 8.42 Å². The number of hydrogen-bond acceptors (Lipinski definition) is 5. The molecule has 1 aromatic rings. The fourth-order valence-electron chi connectivity index (χ4n) is 1.41. The zero-order chi connectivity index (χ0) is 14.3. The smallest absolute Gasteiger partial charge is 0.282 e. The Morgan fingerprint density at radius 2 is 1.95 bits per heavy atom. The van der Waals surface area contributed by atoms with E-state index < -0.39 is 21.5 Å². The summed E-state index contributed by atoms with van der Waals surface area (Å²) in [6.45, 7) is -0.331. The summed E-state index contributed by atoms with van der Waals surface area (Å²) in [5.74, 6) is 0. The van der Waals surface area contributed by atoms with Gasteiger partial charge >= 0.3 is 0 Å². The zero-order valence-electron chi connectivity index (χ0n) is 10.1. The lowest BCUT2D eigenvalue weighted by Gasteiger charge is -2.16. The van der Waals surface area contributed by atoms with E-state index in [9.17, 15) is 13.2 Å². The van der Waals surface area contributed by atoms with Gasteiger partial charge in [0.15, 0.2) is 0 Å². The van der Waals surface area contributed by atoms with Gasteiger partial charge in [0.2, 0.25) is 0 Å². The summed E-state index contributed by atoms with van der Waals surface area (Å²) < 4.78 is 30.8. The minimum absolute atomic E-state index is 0.331. The number of carbonyl (C=O) groups excluding carboxylic acids is 1. The van der Waals surface area contributed by atoms with Crippen molar-refractivity contribution in [2.24, 2.45) is 5.73 Å². The predicted octanol–water partition coefficient (Wildman–Crippen LogP) is 0.0295. The molecule has 0 aliphatic heterocycles. The quantitative estimate of drug-likeness (QED) is 0.481. The van der Waals surface area contributed by atoms with Crippen LogP contribution in [0.1, 0.15) is 5.56 Å². The van der Waals surface area contributed by atoms with E-state index in [1.807, 2.05) is 30.3 Å². The monoisotopic (exact) mass is 284 g/mol. The molecule has 1 aromatic carbocycles. The first-order chi connectivity index (χ1) is 8.97. The van der Waals surface area contributed by atoms with Crippen molar-refractivity contribution < 1.29 is 17.8 Å². The van der Waals surface area contributed by atoms with E-state index in [-0.39, 0.29) is 6.54 Å². The normalized spacial score (nSPS) is 15.3. The number of benzene rings is 1. The van der Waals surface area contributed by atoms with Gasteiger partial charge in [-0.25, -0.2) is 0 Å². The van der Waals surface area contributed by atoms with Crippen molar-refractivity contribution in [3.05, 3.63) is 42.0 Å². The van der Waals surface area contributed by atoms with Gasteiger partial charge in [0.05, 0.1) is 6.04 Å². The van der Waals surface area contributed by atoms with Gasteiger partial charge < -0.3 is 10.5 Å². The van der Waals surface area contributed by atoms with Crippen molar-refractivity contribution in [3.8, 4) is 0 Å². The molecule has 7 heteroatoms. The zero-order valence-corrected chi connectivity index (χ0v) is 11.0. The van der Waals surface area contributed by atoms with Crippen LogP contribution >= 0.6 is 0 Å². The van der Waals surface area contributed by atoms with Crippen molar-refractivity contribution in [1.82, 2.24) is 5.32 Å². The van der Waals surface area contributed by atoms with Crippen LogP contribution in [0.4, 0.5) is 0 Å². The lowest BCUT2D eigenvalue weighted by atomic mass is 10.2. The Balaban J connectivity index is 2.74. The SMILES string of the molecule is NCC(NC(C=O)/C=C/c1ccccc1)S(=O)(=O)O. The van der Waals surface area contributed by atoms with Crippen molar-refractivity contribution >= 4 is 22.5 Å².